The first-order chi connectivity index (χ1) is 7.10. The van der Waals surface area contributed by atoms with Gasteiger partial charge in [-0.05, 0) is 12.8 Å². The average Bonchev–Trinajstić information content (AvgIpc) is 2.16. The van der Waals surface area contributed by atoms with Gasteiger partial charge in [-0.3, -0.25) is 9.59 Å². The molecule has 0 radical (unpaired) electrons. The zero-order valence-electron chi connectivity index (χ0n) is 8.95. The number of rotatable bonds is 7. The highest BCUT2D eigenvalue weighted by Crippen LogP contribution is 2.00. The summed E-state index contributed by atoms with van der Waals surface area (Å²) in [4.78, 5) is 21.5. The Bertz CT molecular complexity index is 255. The van der Waals surface area contributed by atoms with Gasteiger partial charge in [0.2, 0.25) is 5.91 Å². The van der Waals surface area contributed by atoms with Crippen molar-refractivity contribution in [2.45, 2.75) is 45.1 Å². The maximum absolute atomic E-state index is 11.3. The topological polar surface area (TPSA) is 66.4 Å². The van der Waals surface area contributed by atoms with Crippen LogP contribution in [0.15, 0.2) is 0 Å². The lowest BCUT2D eigenvalue weighted by Crippen LogP contribution is -2.33. The fraction of sp³-hybridized carbons (Fsp3) is 0.636. The Morgan fingerprint density at radius 3 is 2.60 bits per heavy atom. The minimum atomic E-state index is -0.876. The van der Waals surface area contributed by atoms with Gasteiger partial charge in [0.15, 0.2) is 0 Å². The van der Waals surface area contributed by atoms with E-state index in [0.717, 1.165) is 6.42 Å². The molecule has 15 heavy (non-hydrogen) atoms. The van der Waals surface area contributed by atoms with Gasteiger partial charge in [0.05, 0.1) is 0 Å². The van der Waals surface area contributed by atoms with Gasteiger partial charge in [0, 0.05) is 25.3 Å². The Morgan fingerprint density at radius 1 is 1.47 bits per heavy atom. The SMILES string of the molecule is C#CCC(CC)NC(=O)CCCC(=O)O. The molecule has 1 unspecified atom stereocenters. The Hall–Kier alpha value is -1.50. The Labute approximate surface area is 90.1 Å². The zero-order valence-corrected chi connectivity index (χ0v) is 8.95. The summed E-state index contributed by atoms with van der Waals surface area (Å²) in [5.74, 6) is 1.49. The normalized spacial score (nSPS) is 11.5. The molecule has 2 N–H and O–H groups in total. The van der Waals surface area contributed by atoms with Crippen molar-refractivity contribution in [2.75, 3.05) is 0 Å². The van der Waals surface area contributed by atoms with Gasteiger partial charge in [-0.15, -0.1) is 12.3 Å². The molecule has 0 aromatic carbocycles. The number of carboxylic acid groups (broad SMARTS) is 1. The quantitative estimate of drug-likeness (QED) is 0.621. The fourth-order valence-corrected chi connectivity index (χ4v) is 1.14. The number of carboxylic acids is 1. The molecule has 0 aromatic rings. The predicted octanol–water partition coefficient (Wildman–Crippen LogP) is 1.16. The molecule has 0 saturated heterocycles. The van der Waals surface area contributed by atoms with E-state index in [0.29, 0.717) is 12.8 Å². The Balaban J connectivity index is 3.72. The smallest absolute Gasteiger partial charge is 0.303 e. The van der Waals surface area contributed by atoms with E-state index in [2.05, 4.69) is 11.2 Å². The lowest BCUT2D eigenvalue weighted by Gasteiger charge is -2.13. The summed E-state index contributed by atoms with van der Waals surface area (Å²) in [5, 5.41) is 11.1. The van der Waals surface area contributed by atoms with Crippen LogP contribution in [0.25, 0.3) is 0 Å². The third-order valence-electron chi connectivity index (χ3n) is 2.02. The number of amides is 1. The van der Waals surface area contributed by atoms with Crippen molar-refractivity contribution < 1.29 is 14.7 Å². The summed E-state index contributed by atoms with van der Waals surface area (Å²) < 4.78 is 0. The van der Waals surface area contributed by atoms with Gasteiger partial charge < -0.3 is 10.4 Å². The van der Waals surface area contributed by atoms with Crippen molar-refractivity contribution in [3.05, 3.63) is 0 Å². The van der Waals surface area contributed by atoms with E-state index in [1.54, 1.807) is 0 Å². The summed E-state index contributed by atoms with van der Waals surface area (Å²) in [7, 11) is 0. The summed E-state index contributed by atoms with van der Waals surface area (Å²) in [6.45, 7) is 1.94. The zero-order chi connectivity index (χ0) is 11.7. The number of terminal acetylenes is 1. The van der Waals surface area contributed by atoms with E-state index < -0.39 is 5.97 Å². The monoisotopic (exact) mass is 211 g/mol. The highest BCUT2D eigenvalue weighted by atomic mass is 16.4. The van der Waals surface area contributed by atoms with Crippen LogP contribution in [-0.2, 0) is 9.59 Å². The molecule has 0 aromatic heterocycles. The molecule has 1 amide bonds. The van der Waals surface area contributed by atoms with Crippen LogP contribution in [0.5, 0.6) is 0 Å². The van der Waals surface area contributed by atoms with Gasteiger partial charge in [-0.1, -0.05) is 6.92 Å². The maximum Gasteiger partial charge on any atom is 0.303 e. The lowest BCUT2D eigenvalue weighted by molar-refractivity contribution is -0.137. The highest BCUT2D eigenvalue weighted by Gasteiger charge is 2.09. The van der Waals surface area contributed by atoms with Crippen molar-refractivity contribution in [1.29, 1.82) is 0 Å². The minimum Gasteiger partial charge on any atom is -0.481 e. The molecule has 0 aliphatic carbocycles. The third-order valence-corrected chi connectivity index (χ3v) is 2.02. The van der Waals surface area contributed by atoms with Crippen LogP contribution in [0.2, 0.25) is 0 Å². The van der Waals surface area contributed by atoms with E-state index in [-0.39, 0.29) is 24.8 Å². The first-order valence-electron chi connectivity index (χ1n) is 5.04. The second-order valence-electron chi connectivity index (χ2n) is 3.33. The van der Waals surface area contributed by atoms with Crippen LogP contribution in [0.3, 0.4) is 0 Å². The van der Waals surface area contributed by atoms with E-state index in [9.17, 15) is 9.59 Å². The van der Waals surface area contributed by atoms with Crippen molar-refractivity contribution >= 4 is 11.9 Å². The van der Waals surface area contributed by atoms with E-state index in [4.69, 9.17) is 11.5 Å². The number of carbonyl (C=O) groups excluding carboxylic acids is 1. The molecule has 0 bridgehead atoms. The average molecular weight is 211 g/mol. The van der Waals surface area contributed by atoms with Crippen molar-refractivity contribution in [2.24, 2.45) is 0 Å². The van der Waals surface area contributed by atoms with Gasteiger partial charge in [0.1, 0.15) is 0 Å². The molecule has 4 nitrogen and oxygen atoms in total. The first-order valence-corrected chi connectivity index (χ1v) is 5.04. The van der Waals surface area contributed by atoms with E-state index >= 15 is 0 Å². The van der Waals surface area contributed by atoms with Gasteiger partial charge in [-0.2, -0.15) is 0 Å². The highest BCUT2D eigenvalue weighted by molar-refractivity contribution is 5.77. The molecular formula is C11H17NO3. The van der Waals surface area contributed by atoms with Crippen LogP contribution in [0.1, 0.15) is 39.0 Å². The molecule has 0 saturated carbocycles. The number of hydrogen-bond donors (Lipinski definition) is 2. The Kier molecular flexibility index (Phi) is 7.08. The molecule has 0 fully saturated rings. The largest absolute Gasteiger partial charge is 0.481 e. The first kappa shape index (κ1) is 13.5. The molecule has 84 valence electrons. The van der Waals surface area contributed by atoms with Crippen molar-refractivity contribution in [3.8, 4) is 12.3 Å². The summed E-state index contributed by atoms with van der Waals surface area (Å²) >= 11 is 0. The van der Waals surface area contributed by atoms with Crippen LogP contribution < -0.4 is 5.32 Å². The molecule has 1 atom stereocenters. The van der Waals surface area contributed by atoms with Gasteiger partial charge >= 0.3 is 5.97 Å². The number of hydrogen-bond acceptors (Lipinski definition) is 2. The molecule has 0 aliphatic heterocycles. The summed E-state index contributed by atoms with van der Waals surface area (Å²) in [5.41, 5.74) is 0. The minimum absolute atomic E-state index is 0.00679. The number of nitrogens with one attached hydrogen (secondary N) is 1. The predicted molar refractivity (Wildman–Crippen MR) is 57.2 cm³/mol. The number of aliphatic carboxylic acids is 1. The van der Waals surface area contributed by atoms with Crippen molar-refractivity contribution in [1.82, 2.24) is 5.32 Å². The maximum atomic E-state index is 11.3. The second kappa shape index (κ2) is 7.86. The van der Waals surface area contributed by atoms with Crippen LogP contribution in [-0.4, -0.2) is 23.0 Å². The van der Waals surface area contributed by atoms with Crippen molar-refractivity contribution in [3.63, 3.8) is 0 Å². The second-order valence-corrected chi connectivity index (χ2v) is 3.33. The Morgan fingerprint density at radius 2 is 2.13 bits per heavy atom. The standard InChI is InChI=1S/C11H17NO3/c1-3-6-9(4-2)12-10(13)7-5-8-11(14)15/h1,9H,4-8H2,2H3,(H,12,13)(H,14,15). The molecular weight excluding hydrogens is 194 g/mol. The molecule has 0 rings (SSSR count). The summed E-state index contributed by atoms with van der Waals surface area (Å²) in [6.07, 6.45) is 7.08. The van der Waals surface area contributed by atoms with Crippen LogP contribution in [0, 0.1) is 12.3 Å². The van der Waals surface area contributed by atoms with Crippen LogP contribution >= 0.6 is 0 Å². The van der Waals surface area contributed by atoms with Gasteiger partial charge in [-0.25, -0.2) is 0 Å². The molecule has 4 heteroatoms. The molecule has 0 heterocycles. The number of carbonyl (C=O) groups is 2. The third kappa shape index (κ3) is 7.56. The molecule has 0 spiro atoms. The fourth-order valence-electron chi connectivity index (χ4n) is 1.14. The summed E-state index contributed by atoms with van der Waals surface area (Å²) in [6, 6.07) is 0.00679. The van der Waals surface area contributed by atoms with Gasteiger partial charge in [0.25, 0.3) is 0 Å². The van der Waals surface area contributed by atoms with E-state index in [1.807, 2.05) is 6.92 Å². The lowest BCUT2D eigenvalue weighted by atomic mass is 10.1. The van der Waals surface area contributed by atoms with E-state index in [1.165, 1.54) is 0 Å². The molecule has 0 aliphatic rings. The van der Waals surface area contributed by atoms with Crippen LogP contribution in [0.4, 0.5) is 0 Å².